The fraction of sp³-hybridized carbons (Fsp3) is 0.879. The molecule has 0 aliphatic heterocycles. The highest BCUT2D eigenvalue weighted by atomic mass is 16.5. The molecule has 1 fully saturated rings. The van der Waals surface area contributed by atoms with E-state index in [0.29, 0.717) is 25.8 Å². The van der Waals surface area contributed by atoms with E-state index in [-0.39, 0.29) is 37.3 Å². The zero-order valence-electron chi connectivity index (χ0n) is 27.9. The molecule has 0 amide bonds. The molecule has 4 unspecified atom stereocenters. The number of rotatable bonds is 16. The van der Waals surface area contributed by atoms with Crippen LogP contribution in [0.1, 0.15) is 119 Å². The number of ether oxygens (including phenoxy) is 4. The standard InChI is InChI=1S/C33H59NO8/c1-24(26(35)39-7)20-31(4,29(38)42-19-15-18-34)22-32(5,25-16-13-11-10-12-14-17-25)23-33(6,28(37)41-9)21-30(2,3)27(36)40-8/h24-25H,10-23,34H2,1-9H3. The summed E-state index contributed by atoms with van der Waals surface area (Å²) >= 11 is 0. The van der Waals surface area contributed by atoms with Crippen LogP contribution < -0.4 is 5.73 Å². The normalized spacial score (nSPS) is 20.0. The zero-order chi connectivity index (χ0) is 32.2. The lowest BCUT2D eigenvalue weighted by Gasteiger charge is -2.49. The average Bonchev–Trinajstić information content (AvgIpc) is 2.90. The Morgan fingerprint density at radius 1 is 0.738 bits per heavy atom. The first-order chi connectivity index (χ1) is 19.5. The van der Waals surface area contributed by atoms with Gasteiger partial charge in [0.2, 0.25) is 0 Å². The van der Waals surface area contributed by atoms with Gasteiger partial charge in [0.1, 0.15) is 0 Å². The topological polar surface area (TPSA) is 131 Å². The average molecular weight is 598 g/mol. The van der Waals surface area contributed by atoms with Gasteiger partial charge in [0.25, 0.3) is 0 Å². The number of carbonyl (C=O) groups excluding carboxylic acids is 4. The highest BCUT2D eigenvalue weighted by molar-refractivity contribution is 5.81. The van der Waals surface area contributed by atoms with Crippen LogP contribution in [0.15, 0.2) is 0 Å². The van der Waals surface area contributed by atoms with E-state index in [2.05, 4.69) is 6.92 Å². The third-order valence-electron chi connectivity index (χ3n) is 9.36. The van der Waals surface area contributed by atoms with Gasteiger partial charge in [-0.15, -0.1) is 0 Å². The van der Waals surface area contributed by atoms with E-state index in [1.165, 1.54) is 27.8 Å². The van der Waals surface area contributed by atoms with Crippen LogP contribution in [0.2, 0.25) is 0 Å². The maximum atomic E-state index is 13.8. The third-order valence-corrected chi connectivity index (χ3v) is 9.36. The fourth-order valence-corrected chi connectivity index (χ4v) is 7.67. The van der Waals surface area contributed by atoms with Crippen LogP contribution in [-0.2, 0) is 38.1 Å². The van der Waals surface area contributed by atoms with Gasteiger partial charge in [-0.1, -0.05) is 46.0 Å². The number of hydrogen-bond acceptors (Lipinski definition) is 9. The SMILES string of the molecule is COC(=O)C(C)CC(C)(CC(C)(CC(C)(CC(C)(C)C(=O)OC)C(=O)OC)C1CCCCCCC1)C(=O)OCCCN. The third kappa shape index (κ3) is 10.5. The van der Waals surface area contributed by atoms with E-state index in [4.69, 9.17) is 24.7 Å². The van der Waals surface area contributed by atoms with Crippen molar-refractivity contribution in [2.24, 2.45) is 39.2 Å². The predicted molar refractivity (Wildman–Crippen MR) is 162 cm³/mol. The number of hydrogen-bond donors (Lipinski definition) is 1. The van der Waals surface area contributed by atoms with Gasteiger partial charge in [-0.3, -0.25) is 19.2 Å². The minimum atomic E-state index is -1.04. The first-order valence-electron chi connectivity index (χ1n) is 15.7. The van der Waals surface area contributed by atoms with E-state index in [0.717, 1.165) is 38.5 Å². The lowest BCUT2D eigenvalue weighted by atomic mass is 9.55. The molecule has 0 radical (unpaired) electrons. The Morgan fingerprint density at radius 3 is 1.76 bits per heavy atom. The molecule has 0 spiro atoms. The summed E-state index contributed by atoms with van der Waals surface area (Å²) in [5.41, 5.74) is 2.11. The van der Waals surface area contributed by atoms with Crippen molar-refractivity contribution >= 4 is 23.9 Å². The van der Waals surface area contributed by atoms with Crippen LogP contribution in [0.25, 0.3) is 0 Å². The first kappa shape index (κ1) is 37.9. The molecule has 0 saturated heterocycles. The van der Waals surface area contributed by atoms with Gasteiger partial charge >= 0.3 is 23.9 Å². The van der Waals surface area contributed by atoms with Gasteiger partial charge in [0, 0.05) is 0 Å². The Kier molecular flexibility index (Phi) is 15.0. The first-order valence-corrected chi connectivity index (χ1v) is 15.7. The summed E-state index contributed by atoms with van der Waals surface area (Å²) in [7, 11) is 4.07. The number of carbonyl (C=O) groups is 4. The molecule has 4 atom stereocenters. The molecule has 42 heavy (non-hydrogen) atoms. The van der Waals surface area contributed by atoms with Crippen molar-refractivity contribution in [2.45, 2.75) is 119 Å². The Balaban J connectivity index is 3.71. The van der Waals surface area contributed by atoms with Crippen molar-refractivity contribution in [3.63, 3.8) is 0 Å². The minimum Gasteiger partial charge on any atom is -0.469 e. The molecule has 1 aliphatic rings. The minimum absolute atomic E-state index is 0.199. The van der Waals surface area contributed by atoms with Gasteiger partial charge in [-0.25, -0.2) is 0 Å². The molecular formula is C33H59NO8. The molecule has 0 aromatic rings. The van der Waals surface area contributed by atoms with Crippen molar-refractivity contribution in [2.75, 3.05) is 34.5 Å². The Bertz CT molecular complexity index is 896. The van der Waals surface area contributed by atoms with Crippen LogP contribution >= 0.6 is 0 Å². The van der Waals surface area contributed by atoms with Gasteiger partial charge in [0.05, 0.1) is 50.1 Å². The molecule has 1 saturated carbocycles. The summed E-state index contributed by atoms with van der Waals surface area (Å²) in [6, 6.07) is 0. The largest absolute Gasteiger partial charge is 0.469 e. The number of nitrogens with two attached hydrogens (primary N) is 1. The second-order valence-corrected chi connectivity index (χ2v) is 14.1. The highest BCUT2D eigenvalue weighted by Gasteiger charge is 2.53. The molecule has 2 N–H and O–H groups in total. The van der Waals surface area contributed by atoms with Crippen LogP contribution in [-0.4, -0.2) is 58.4 Å². The van der Waals surface area contributed by atoms with Crippen molar-refractivity contribution in [1.29, 1.82) is 0 Å². The summed E-state index contributed by atoms with van der Waals surface area (Å²) < 4.78 is 21.2. The van der Waals surface area contributed by atoms with Crippen LogP contribution in [0.5, 0.6) is 0 Å². The molecule has 9 heteroatoms. The van der Waals surface area contributed by atoms with Gasteiger partial charge in [0.15, 0.2) is 0 Å². The lowest BCUT2D eigenvalue weighted by Crippen LogP contribution is -2.47. The Hall–Kier alpha value is -2.16. The molecule has 0 bridgehead atoms. The maximum absolute atomic E-state index is 13.8. The molecule has 1 rings (SSSR count). The fourth-order valence-electron chi connectivity index (χ4n) is 7.67. The van der Waals surface area contributed by atoms with E-state index in [9.17, 15) is 19.2 Å². The Labute approximate surface area is 254 Å². The summed E-state index contributed by atoms with van der Waals surface area (Å²) in [5.74, 6) is -1.87. The molecular weight excluding hydrogens is 538 g/mol. The second-order valence-electron chi connectivity index (χ2n) is 14.1. The Morgan fingerprint density at radius 2 is 1.26 bits per heavy atom. The zero-order valence-corrected chi connectivity index (χ0v) is 27.9. The molecule has 0 aromatic heterocycles. The quantitative estimate of drug-likeness (QED) is 0.129. The maximum Gasteiger partial charge on any atom is 0.311 e. The summed E-state index contributed by atoms with van der Waals surface area (Å²) in [5, 5.41) is 0. The van der Waals surface area contributed by atoms with Gasteiger partial charge in [-0.2, -0.15) is 0 Å². The van der Waals surface area contributed by atoms with E-state index < -0.39 is 39.5 Å². The van der Waals surface area contributed by atoms with Crippen molar-refractivity contribution in [1.82, 2.24) is 0 Å². The molecule has 244 valence electrons. The van der Waals surface area contributed by atoms with E-state index in [1.807, 2.05) is 13.8 Å². The summed E-state index contributed by atoms with van der Waals surface area (Å²) in [4.78, 5) is 52.6. The van der Waals surface area contributed by atoms with Crippen LogP contribution in [0, 0.1) is 33.5 Å². The second kappa shape index (κ2) is 16.6. The van der Waals surface area contributed by atoms with E-state index >= 15 is 0 Å². The summed E-state index contributed by atoms with van der Waals surface area (Å²) in [6.45, 7) is 11.8. The van der Waals surface area contributed by atoms with Crippen LogP contribution in [0.3, 0.4) is 0 Å². The predicted octanol–water partition coefficient (Wildman–Crippen LogP) is 6.00. The molecule has 1 aliphatic carbocycles. The smallest absolute Gasteiger partial charge is 0.311 e. The van der Waals surface area contributed by atoms with Crippen molar-refractivity contribution in [3.8, 4) is 0 Å². The molecule has 0 aromatic carbocycles. The summed E-state index contributed by atoms with van der Waals surface area (Å²) in [6.07, 6.45) is 9.38. The van der Waals surface area contributed by atoms with E-state index in [1.54, 1.807) is 20.8 Å². The number of methoxy groups -OCH3 is 3. The van der Waals surface area contributed by atoms with Gasteiger partial charge < -0.3 is 24.7 Å². The van der Waals surface area contributed by atoms with Crippen molar-refractivity contribution < 1.29 is 38.1 Å². The van der Waals surface area contributed by atoms with Gasteiger partial charge in [-0.05, 0) is 90.5 Å². The monoisotopic (exact) mass is 597 g/mol. The molecule has 0 heterocycles. The number of esters is 4. The lowest BCUT2D eigenvalue weighted by molar-refractivity contribution is -0.165. The highest BCUT2D eigenvalue weighted by Crippen LogP contribution is 2.55. The molecule has 9 nitrogen and oxygen atoms in total. The van der Waals surface area contributed by atoms with Crippen molar-refractivity contribution in [3.05, 3.63) is 0 Å². The van der Waals surface area contributed by atoms with Crippen LogP contribution in [0.4, 0.5) is 0 Å².